The van der Waals surface area contributed by atoms with E-state index in [0.29, 0.717) is 92.4 Å². The van der Waals surface area contributed by atoms with Crippen LogP contribution in [0.1, 0.15) is 59.5 Å². The lowest BCUT2D eigenvalue weighted by Crippen LogP contribution is -2.34. The van der Waals surface area contributed by atoms with Crippen LogP contribution in [0.5, 0.6) is 17.2 Å². The third kappa shape index (κ3) is 7.41. The van der Waals surface area contributed by atoms with Crippen LogP contribution in [0.3, 0.4) is 0 Å². The number of nitrogens with zero attached hydrogens (tertiary/aromatic N) is 4. The van der Waals surface area contributed by atoms with Gasteiger partial charge in [-0.1, -0.05) is 6.07 Å². The molecule has 0 unspecified atom stereocenters. The van der Waals surface area contributed by atoms with E-state index in [1.54, 1.807) is 25.4 Å². The van der Waals surface area contributed by atoms with Crippen LogP contribution in [0.25, 0.3) is 22.5 Å². The van der Waals surface area contributed by atoms with E-state index in [-0.39, 0.29) is 11.8 Å². The van der Waals surface area contributed by atoms with Crippen molar-refractivity contribution in [3.8, 4) is 39.8 Å². The number of benzene rings is 2. The number of methoxy groups -OCH3 is 1. The third-order valence-electron chi connectivity index (χ3n) is 8.63. The van der Waals surface area contributed by atoms with Gasteiger partial charge in [-0.15, -0.1) is 0 Å². The van der Waals surface area contributed by atoms with Crippen LogP contribution < -0.4 is 19.5 Å². The number of pyridine rings is 1. The summed E-state index contributed by atoms with van der Waals surface area (Å²) < 4.78 is 18.5. The van der Waals surface area contributed by atoms with Crippen molar-refractivity contribution in [2.75, 3.05) is 46.5 Å². The van der Waals surface area contributed by atoms with Crippen molar-refractivity contribution in [1.82, 2.24) is 30.3 Å². The molecule has 0 spiro atoms. The lowest BCUT2D eigenvalue weighted by Gasteiger charge is -2.24. The Morgan fingerprint density at radius 3 is 2.62 bits per heavy atom. The first kappa shape index (κ1) is 32.1. The number of fused-ring (bicyclic) bond motifs is 7. The lowest BCUT2D eigenvalue weighted by molar-refractivity contribution is 0.0736. The second kappa shape index (κ2) is 14.7. The molecule has 2 amide bonds. The molecule has 0 radical (unpaired) electrons. The summed E-state index contributed by atoms with van der Waals surface area (Å²) >= 11 is 0. The Kier molecular flexibility index (Phi) is 10.0. The predicted molar refractivity (Wildman–Crippen MR) is 179 cm³/mol. The molecule has 11 heteroatoms. The number of aromatic nitrogens is 3. The van der Waals surface area contributed by atoms with Crippen molar-refractivity contribution in [3.63, 3.8) is 0 Å². The van der Waals surface area contributed by atoms with Gasteiger partial charge in [0.2, 0.25) is 0 Å². The van der Waals surface area contributed by atoms with E-state index in [4.69, 9.17) is 14.2 Å². The molecule has 0 saturated heterocycles. The first-order chi connectivity index (χ1) is 22.9. The van der Waals surface area contributed by atoms with E-state index in [0.717, 1.165) is 35.4 Å². The van der Waals surface area contributed by atoms with Gasteiger partial charge in [-0.25, -0.2) is 0 Å². The summed E-state index contributed by atoms with van der Waals surface area (Å²) in [6.07, 6.45) is 3.75. The van der Waals surface area contributed by atoms with Gasteiger partial charge in [0.25, 0.3) is 11.8 Å². The van der Waals surface area contributed by atoms with Crippen molar-refractivity contribution in [2.24, 2.45) is 0 Å². The molecule has 0 atom stereocenters. The van der Waals surface area contributed by atoms with Gasteiger partial charge in [0.05, 0.1) is 19.4 Å². The second-order valence-corrected chi connectivity index (χ2v) is 12.1. The molecule has 47 heavy (non-hydrogen) atoms. The van der Waals surface area contributed by atoms with Crippen LogP contribution in [-0.2, 0) is 6.54 Å². The smallest absolute Gasteiger partial charge is 0.271 e. The number of ether oxygens (including phenoxy) is 3. The number of hydrogen-bond donors (Lipinski definition) is 2. The first-order valence-corrected chi connectivity index (χ1v) is 16.3. The van der Waals surface area contributed by atoms with Gasteiger partial charge < -0.3 is 24.4 Å². The second-order valence-electron chi connectivity index (χ2n) is 12.1. The monoisotopic (exact) mass is 638 g/mol. The molecule has 0 saturated carbocycles. The normalized spacial score (nSPS) is 16.3. The summed E-state index contributed by atoms with van der Waals surface area (Å²) in [4.78, 5) is 35.5. The number of nitrogens with one attached hydrogen (secondary N) is 2. The van der Waals surface area contributed by atoms with Crippen molar-refractivity contribution < 1.29 is 23.8 Å². The zero-order valence-electron chi connectivity index (χ0n) is 27.3. The van der Waals surface area contributed by atoms with Crippen LogP contribution in [-0.4, -0.2) is 89.3 Å². The number of aromatic amines is 1. The molecule has 246 valence electrons. The van der Waals surface area contributed by atoms with Crippen LogP contribution in [0.2, 0.25) is 0 Å². The largest absolute Gasteiger partial charge is 0.496 e. The molecule has 2 aromatic heterocycles. The Morgan fingerprint density at radius 1 is 0.936 bits per heavy atom. The summed E-state index contributed by atoms with van der Waals surface area (Å²) in [5.41, 5.74) is 4.95. The number of carbonyl (C=O) groups excluding carboxylic acids is 2. The fourth-order valence-electron chi connectivity index (χ4n) is 6.01. The molecule has 0 aliphatic carbocycles. The number of carbonyl (C=O) groups is 2. The van der Waals surface area contributed by atoms with Gasteiger partial charge in [-0.3, -0.25) is 24.6 Å². The minimum atomic E-state index is -0.161. The van der Waals surface area contributed by atoms with E-state index < -0.39 is 0 Å². The summed E-state index contributed by atoms with van der Waals surface area (Å²) in [5.74, 6) is 1.73. The van der Waals surface area contributed by atoms with E-state index in [1.807, 2.05) is 41.3 Å². The minimum absolute atomic E-state index is 0.141. The van der Waals surface area contributed by atoms with E-state index >= 15 is 0 Å². The summed E-state index contributed by atoms with van der Waals surface area (Å²) in [7, 11) is 1.63. The Labute approximate surface area is 275 Å². The molecule has 4 aromatic rings. The Bertz CT molecular complexity index is 1710. The highest BCUT2D eigenvalue weighted by Gasteiger charge is 2.24. The van der Waals surface area contributed by atoms with Crippen molar-refractivity contribution in [1.29, 1.82) is 0 Å². The maximum Gasteiger partial charge on any atom is 0.271 e. The van der Waals surface area contributed by atoms with Gasteiger partial charge in [0, 0.05) is 61.7 Å². The van der Waals surface area contributed by atoms with Crippen LogP contribution in [0, 0.1) is 0 Å². The zero-order valence-corrected chi connectivity index (χ0v) is 27.3. The van der Waals surface area contributed by atoms with Gasteiger partial charge in [0.1, 0.15) is 23.7 Å². The number of rotatable bonds is 4. The van der Waals surface area contributed by atoms with Crippen molar-refractivity contribution >= 4 is 11.8 Å². The first-order valence-electron chi connectivity index (χ1n) is 16.3. The molecule has 2 aliphatic heterocycles. The summed E-state index contributed by atoms with van der Waals surface area (Å²) in [6, 6.07) is 17.2. The topological polar surface area (TPSA) is 122 Å². The molecule has 2 aliphatic rings. The van der Waals surface area contributed by atoms with Crippen LogP contribution in [0.15, 0.2) is 60.8 Å². The molecular formula is C36H42N6O5. The highest BCUT2D eigenvalue weighted by atomic mass is 16.5. The highest BCUT2D eigenvalue weighted by Crippen LogP contribution is 2.41. The Hall–Kier alpha value is -4.90. The molecule has 0 fully saturated rings. The van der Waals surface area contributed by atoms with Crippen molar-refractivity contribution in [2.45, 2.75) is 45.7 Å². The van der Waals surface area contributed by atoms with Gasteiger partial charge in [-0.05, 0) is 87.2 Å². The molecule has 2 aromatic carbocycles. The average Bonchev–Trinajstić information content (AvgIpc) is 3.48. The minimum Gasteiger partial charge on any atom is -0.496 e. The average molecular weight is 639 g/mol. The summed E-state index contributed by atoms with van der Waals surface area (Å²) in [6.45, 7) is 8.30. The molecule has 4 heterocycles. The van der Waals surface area contributed by atoms with E-state index in [9.17, 15) is 9.59 Å². The highest BCUT2D eigenvalue weighted by molar-refractivity contribution is 5.96. The number of H-pyrrole nitrogens is 1. The van der Waals surface area contributed by atoms with E-state index in [2.05, 4.69) is 45.3 Å². The number of amides is 2. The quantitative estimate of drug-likeness (QED) is 0.314. The van der Waals surface area contributed by atoms with Crippen LogP contribution in [0.4, 0.5) is 0 Å². The lowest BCUT2D eigenvalue weighted by atomic mass is 9.98. The summed E-state index contributed by atoms with van der Waals surface area (Å²) in [5, 5.41) is 10.3. The van der Waals surface area contributed by atoms with E-state index in [1.165, 1.54) is 0 Å². The molecular weight excluding hydrogens is 596 g/mol. The predicted octanol–water partition coefficient (Wildman–Crippen LogP) is 5.19. The fraction of sp³-hybridized carbons (Fsp3) is 0.389. The molecule has 2 N–H and O–H groups in total. The molecule has 11 nitrogen and oxygen atoms in total. The number of hydrogen-bond acceptors (Lipinski definition) is 8. The van der Waals surface area contributed by atoms with Gasteiger partial charge in [0.15, 0.2) is 11.5 Å². The maximum atomic E-state index is 13.7. The molecule has 6 rings (SSSR count). The maximum absolute atomic E-state index is 13.7. The molecule has 4 bridgehead atoms. The fourth-order valence-corrected chi connectivity index (χ4v) is 6.01. The third-order valence-corrected chi connectivity index (χ3v) is 8.63. The SMILES string of the molecule is COc1ccc2cc1-c1cc3c(c(c1)OCCCN(C(=O)c1cc(-c4ccccn4)n[nH]1)CCCCNC2=O)OCCN(C(C)C)C3. The van der Waals surface area contributed by atoms with Crippen molar-refractivity contribution in [3.05, 3.63) is 77.6 Å². The Morgan fingerprint density at radius 2 is 1.81 bits per heavy atom. The standard InChI is InChI=1S/C36H42N6O5/c1-24(2)42-16-18-47-34-27(23-42)19-26-21-33(34)46-17-8-15-41(36(44)31-22-30(39-40-31)29-9-4-5-12-37-29)14-7-6-13-38-35(43)25-10-11-32(45-3)28(26)20-25/h4-5,9-12,19-22,24H,6-8,13-18,23H2,1-3H3,(H,38,43)(H,39,40). The zero-order chi connectivity index (χ0) is 32.8. The van der Waals surface area contributed by atoms with Crippen LogP contribution >= 0.6 is 0 Å². The van der Waals surface area contributed by atoms with Gasteiger partial charge >= 0.3 is 0 Å². The van der Waals surface area contributed by atoms with Gasteiger partial charge in [-0.2, -0.15) is 5.10 Å². The Balaban J connectivity index is 1.30.